The number of carbonyl (C=O) groups is 2. The number of unbranched alkanes of at least 4 members (excludes halogenated alkanes) is 1. The Bertz CT molecular complexity index is 380. The zero-order valence-corrected chi connectivity index (χ0v) is 14.1. The summed E-state index contributed by atoms with van der Waals surface area (Å²) in [6.45, 7) is 4.01. The van der Waals surface area contributed by atoms with E-state index in [2.05, 4.69) is 31.2 Å². The molecule has 1 atom stereocenters. The Kier molecular flexibility index (Phi) is 19.7. The van der Waals surface area contributed by atoms with Gasteiger partial charge in [-0.05, 0) is 30.4 Å². The van der Waals surface area contributed by atoms with Crippen LogP contribution in [-0.4, -0.2) is 17.5 Å². The monoisotopic (exact) mass is 314 g/mol. The molecule has 0 saturated carbocycles. The molecular formula is C16H27O4P. The first-order valence-corrected chi connectivity index (χ1v) is 8.22. The van der Waals surface area contributed by atoms with E-state index in [1.165, 1.54) is 24.0 Å². The molecule has 0 radical (unpaired) electrons. The van der Waals surface area contributed by atoms with E-state index in [4.69, 9.17) is 9.46 Å². The number of carbonyl (C=O) groups excluding carboxylic acids is 2. The Morgan fingerprint density at radius 2 is 1.52 bits per heavy atom. The molecule has 0 fully saturated rings. The minimum absolute atomic E-state index is 0.639. The van der Waals surface area contributed by atoms with Gasteiger partial charge in [-0.3, -0.25) is 4.57 Å². The van der Waals surface area contributed by atoms with Crippen LogP contribution in [0, 0.1) is 0 Å². The zero-order chi connectivity index (χ0) is 16.3. The largest absolute Gasteiger partial charge is 0.348 e. The molecule has 0 heterocycles. The van der Waals surface area contributed by atoms with Crippen LogP contribution in [0.5, 0.6) is 0 Å². The number of aldehydes is 2. The Morgan fingerprint density at radius 3 is 1.90 bits per heavy atom. The van der Waals surface area contributed by atoms with Crippen molar-refractivity contribution in [1.82, 2.24) is 0 Å². The third-order valence-electron chi connectivity index (χ3n) is 2.62. The summed E-state index contributed by atoms with van der Waals surface area (Å²) in [5, 5.41) is 0. The van der Waals surface area contributed by atoms with Crippen molar-refractivity contribution in [2.24, 2.45) is 0 Å². The van der Waals surface area contributed by atoms with Crippen LogP contribution in [-0.2, 0) is 27.0 Å². The molecule has 1 unspecified atom stereocenters. The number of hydrogen-bond acceptors (Lipinski definition) is 3. The maximum Gasteiger partial charge on any atom is 0.177 e. The maximum absolute atomic E-state index is 10.3. The molecule has 21 heavy (non-hydrogen) atoms. The van der Waals surface area contributed by atoms with E-state index in [-0.39, 0.29) is 0 Å². The summed E-state index contributed by atoms with van der Waals surface area (Å²) in [6.07, 6.45) is 7.65. The minimum atomic E-state index is -1.50. The van der Waals surface area contributed by atoms with Gasteiger partial charge in [0.1, 0.15) is 12.6 Å². The SMILES string of the molecule is CCC=O.CCCCc1ccccc1CCC=O.O=[PH2]O. The quantitative estimate of drug-likeness (QED) is 0.618. The van der Waals surface area contributed by atoms with Gasteiger partial charge in [0.15, 0.2) is 8.69 Å². The molecule has 0 saturated heterocycles. The van der Waals surface area contributed by atoms with E-state index >= 15 is 0 Å². The number of hydrogen-bond donors (Lipinski definition) is 1. The fraction of sp³-hybridized carbons (Fsp3) is 0.500. The van der Waals surface area contributed by atoms with E-state index < -0.39 is 8.69 Å². The third-order valence-corrected chi connectivity index (χ3v) is 2.62. The molecule has 1 rings (SSSR count). The van der Waals surface area contributed by atoms with Crippen molar-refractivity contribution < 1.29 is 19.0 Å². The van der Waals surface area contributed by atoms with E-state index in [0.717, 1.165) is 25.4 Å². The molecular weight excluding hydrogens is 287 g/mol. The molecule has 0 aromatic heterocycles. The second-order valence-corrected chi connectivity index (χ2v) is 4.47. The molecule has 4 nitrogen and oxygen atoms in total. The molecule has 0 bridgehead atoms. The second-order valence-electron chi connectivity index (χ2n) is 4.26. The smallest absolute Gasteiger partial charge is 0.177 e. The molecule has 1 aromatic rings. The molecule has 120 valence electrons. The van der Waals surface area contributed by atoms with Gasteiger partial charge in [0.25, 0.3) is 0 Å². The highest BCUT2D eigenvalue weighted by Gasteiger charge is 2.00. The predicted molar refractivity (Wildman–Crippen MR) is 88.4 cm³/mol. The highest BCUT2D eigenvalue weighted by Crippen LogP contribution is 2.13. The lowest BCUT2D eigenvalue weighted by molar-refractivity contribution is -0.108. The first kappa shape index (κ1) is 22.0. The van der Waals surface area contributed by atoms with Crippen LogP contribution >= 0.6 is 8.69 Å². The summed E-state index contributed by atoms with van der Waals surface area (Å²) < 4.78 is 8.57. The third kappa shape index (κ3) is 15.0. The van der Waals surface area contributed by atoms with Crippen LogP contribution in [0.25, 0.3) is 0 Å². The summed E-state index contributed by atoms with van der Waals surface area (Å²) >= 11 is 0. The van der Waals surface area contributed by atoms with Gasteiger partial charge in [-0.2, -0.15) is 0 Å². The van der Waals surface area contributed by atoms with Gasteiger partial charge in [0.2, 0.25) is 0 Å². The average Bonchev–Trinajstić information content (AvgIpc) is 2.52. The van der Waals surface area contributed by atoms with Crippen LogP contribution in [0.1, 0.15) is 50.7 Å². The van der Waals surface area contributed by atoms with Crippen molar-refractivity contribution in [2.45, 2.75) is 52.4 Å². The van der Waals surface area contributed by atoms with Gasteiger partial charge in [0.05, 0.1) is 0 Å². The molecule has 0 aliphatic heterocycles. The summed E-state index contributed by atoms with van der Waals surface area (Å²) in [6, 6.07) is 8.44. The van der Waals surface area contributed by atoms with Crippen LogP contribution < -0.4 is 0 Å². The summed E-state index contributed by atoms with van der Waals surface area (Å²) in [4.78, 5) is 26.6. The average molecular weight is 314 g/mol. The summed E-state index contributed by atoms with van der Waals surface area (Å²) in [7, 11) is -1.50. The summed E-state index contributed by atoms with van der Waals surface area (Å²) in [5.41, 5.74) is 2.75. The van der Waals surface area contributed by atoms with Gasteiger partial charge in [-0.25, -0.2) is 0 Å². The van der Waals surface area contributed by atoms with Gasteiger partial charge in [0, 0.05) is 12.8 Å². The molecule has 0 aliphatic carbocycles. The van der Waals surface area contributed by atoms with Crippen molar-refractivity contribution in [3.8, 4) is 0 Å². The van der Waals surface area contributed by atoms with Gasteiger partial charge < -0.3 is 14.5 Å². The molecule has 0 spiro atoms. The van der Waals surface area contributed by atoms with Crippen molar-refractivity contribution >= 4 is 21.3 Å². The zero-order valence-electron chi connectivity index (χ0n) is 13.0. The minimum Gasteiger partial charge on any atom is -0.348 e. The van der Waals surface area contributed by atoms with Gasteiger partial charge in [-0.1, -0.05) is 44.5 Å². The second kappa shape index (κ2) is 18.8. The Balaban J connectivity index is 0. The molecule has 0 aliphatic rings. The number of rotatable bonds is 7. The lowest BCUT2D eigenvalue weighted by atomic mass is 9.99. The van der Waals surface area contributed by atoms with Crippen molar-refractivity contribution in [1.29, 1.82) is 0 Å². The van der Waals surface area contributed by atoms with E-state index in [0.29, 0.717) is 12.8 Å². The fourth-order valence-electron chi connectivity index (χ4n) is 1.63. The lowest BCUT2D eigenvalue weighted by Crippen LogP contribution is -1.94. The Morgan fingerprint density at radius 1 is 1.05 bits per heavy atom. The predicted octanol–water partition coefficient (Wildman–Crippen LogP) is 3.41. The van der Waals surface area contributed by atoms with Gasteiger partial charge in [-0.15, -0.1) is 0 Å². The van der Waals surface area contributed by atoms with Crippen molar-refractivity contribution in [2.75, 3.05) is 0 Å². The standard InChI is InChI=1S/C13H18O.C3H6O.H3O2P/c1-2-3-7-12-8-4-5-9-13(12)10-6-11-14;1-2-3-4;1-3-2/h4-5,8-9,11H,2-3,6-7,10H2,1H3;3H,2H2,1H3;3H2,(H,1,2). The molecule has 5 heteroatoms. The lowest BCUT2D eigenvalue weighted by Gasteiger charge is -2.06. The highest BCUT2D eigenvalue weighted by atomic mass is 31.1. The molecule has 1 aromatic carbocycles. The topological polar surface area (TPSA) is 71.4 Å². The summed E-state index contributed by atoms with van der Waals surface area (Å²) in [5.74, 6) is 0. The van der Waals surface area contributed by atoms with Crippen LogP contribution in [0.2, 0.25) is 0 Å². The van der Waals surface area contributed by atoms with Crippen LogP contribution in [0.3, 0.4) is 0 Å². The number of aryl methyl sites for hydroxylation is 2. The first-order chi connectivity index (χ1) is 10.2. The Labute approximate surface area is 128 Å². The van der Waals surface area contributed by atoms with Crippen LogP contribution in [0.15, 0.2) is 24.3 Å². The van der Waals surface area contributed by atoms with Crippen molar-refractivity contribution in [3.63, 3.8) is 0 Å². The van der Waals surface area contributed by atoms with Crippen molar-refractivity contribution in [3.05, 3.63) is 35.4 Å². The normalized spacial score (nSPS) is 9.29. The van der Waals surface area contributed by atoms with Gasteiger partial charge >= 0.3 is 0 Å². The first-order valence-electron chi connectivity index (χ1n) is 7.23. The number of benzene rings is 1. The maximum atomic E-state index is 10.3. The molecule has 1 N–H and O–H groups in total. The highest BCUT2D eigenvalue weighted by molar-refractivity contribution is 7.16. The molecule has 0 amide bonds. The fourth-order valence-corrected chi connectivity index (χ4v) is 1.63. The van der Waals surface area contributed by atoms with Crippen LogP contribution in [0.4, 0.5) is 0 Å². The Hall–Kier alpha value is -1.25. The van der Waals surface area contributed by atoms with E-state index in [1.807, 2.05) is 6.92 Å². The van der Waals surface area contributed by atoms with E-state index in [9.17, 15) is 9.59 Å². The van der Waals surface area contributed by atoms with E-state index in [1.54, 1.807) is 0 Å².